The van der Waals surface area contributed by atoms with Crippen LogP contribution in [0, 0.1) is 6.92 Å². The van der Waals surface area contributed by atoms with Crippen LogP contribution >= 0.6 is 24.0 Å². The highest BCUT2D eigenvalue weighted by Crippen LogP contribution is 2.49. The van der Waals surface area contributed by atoms with Crippen LogP contribution in [0.1, 0.15) is 30.7 Å². The van der Waals surface area contributed by atoms with E-state index in [4.69, 9.17) is 9.47 Å². The van der Waals surface area contributed by atoms with Crippen LogP contribution in [-0.4, -0.2) is 42.4 Å². The number of aromatic nitrogens is 2. The molecule has 7 nitrogen and oxygen atoms in total. The van der Waals surface area contributed by atoms with E-state index in [0.29, 0.717) is 6.79 Å². The van der Waals surface area contributed by atoms with E-state index in [0.717, 1.165) is 54.9 Å². The summed E-state index contributed by atoms with van der Waals surface area (Å²) >= 11 is 0. The Bertz CT molecular complexity index is 1120. The molecule has 32 heavy (non-hydrogen) atoms. The number of guanidine groups is 1. The lowest BCUT2D eigenvalue weighted by Crippen LogP contribution is -2.41. The van der Waals surface area contributed by atoms with Gasteiger partial charge in [0.25, 0.3) is 0 Å². The summed E-state index contributed by atoms with van der Waals surface area (Å²) in [6.45, 7) is 5.02. The second-order valence-electron chi connectivity index (χ2n) is 8.35. The van der Waals surface area contributed by atoms with Crippen molar-refractivity contribution >= 4 is 41.0 Å². The van der Waals surface area contributed by atoms with Crippen LogP contribution in [0.3, 0.4) is 0 Å². The first-order chi connectivity index (χ1) is 15.2. The lowest BCUT2D eigenvalue weighted by molar-refractivity contribution is 0.174. The second kappa shape index (κ2) is 9.56. The van der Waals surface area contributed by atoms with Gasteiger partial charge in [-0.15, -0.1) is 24.0 Å². The summed E-state index contributed by atoms with van der Waals surface area (Å²) in [4.78, 5) is 9.05. The lowest BCUT2D eigenvalue weighted by Gasteiger charge is -2.19. The van der Waals surface area contributed by atoms with Crippen LogP contribution in [0.4, 0.5) is 0 Å². The first-order valence-electron chi connectivity index (χ1n) is 11.0. The number of rotatable bonds is 7. The minimum atomic E-state index is 0. The SMILES string of the molecule is CN=C(NCCCn1c(C)nc2ccccc21)NCC1(c2ccc3c(c2)OCO3)CC1.I. The molecule has 2 aromatic carbocycles. The number of benzene rings is 2. The van der Waals surface area contributed by atoms with Gasteiger partial charge in [0.05, 0.1) is 11.0 Å². The van der Waals surface area contributed by atoms with Crippen molar-refractivity contribution in [1.29, 1.82) is 0 Å². The Hall–Kier alpha value is -2.49. The molecule has 5 rings (SSSR count). The van der Waals surface area contributed by atoms with Crippen molar-refractivity contribution in [2.75, 3.05) is 26.9 Å². The van der Waals surface area contributed by atoms with Gasteiger partial charge in [0.15, 0.2) is 17.5 Å². The van der Waals surface area contributed by atoms with Gasteiger partial charge in [-0.1, -0.05) is 18.2 Å². The zero-order valence-electron chi connectivity index (χ0n) is 18.6. The van der Waals surface area contributed by atoms with E-state index in [-0.39, 0.29) is 29.4 Å². The fourth-order valence-electron chi connectivity index (χ4n) is 4.34. The molecule has 3 aromatic rings. The van der Waals surface area contributed by atoms with Crippen molar-refractivity contribution in [3.8, 4) is 11.5 Å². The molecule has 1 aliphatic heterocycles. The first-order valence-corrected chi connectivity index (χ1v) is 11.0. The highest BCUT2D eigenvalue weighted by Gasteiger charge is 2.44. The molecule has 0 saturated heterocycles. The summed E-state index contributed by atoms with van der Waals surface area (Å²) in [5.41, 5.74) is 3.72. The van der Waals surface area contributed by atoms with E-state index in [2.05, 4.69) is 62.4 Å². The molecule has 1 aromatic heterocycles. The minimum Gasteiger partial charge on any atom is -0.454 e. The van der Waals surface area contributed by atoms with E-state index >= 15 is 0 Å². The molecule has 0 spiro atoms. The maximum atomic E-state index is 5.55. The summed E-state index contributed by atoms with van der Waals surface area (Å²) in [5, 5.41) is 6.97. The Morgan fingerprint density at radius 3 is 2.75 bits per heavy atom. The van der Waals surface area contributed by atoms with Gasteiger partial charge in [0, 0.05) is 32.1 Å². The van der Waals surface area contributed by atoms with Crippen molar-refractivity contribution in [3.05, 3.63) is 53.9 Å². The third kappa shape index (κ3) is 4.51. The summed E-state index contributed by atoms with van der Waals surface area (Å²) in [6, 6.07) is 14.6. The molecule has 1 aliphatic carbocycles. The van der Waals surface area contributed by atoms with Gasteiger partial charge in [-0.25, -0.2) is 4.98 Å². The lowest BCUT2D eigenvalue weighted by atomic mass is 9.95. The van der Waals surface area contributed by atoms with E-state index < -0.39 is 0 Å². The number of fused-ring (bicyclic) bond motifs is 2. The fourth-order valence-corrected chi connectivity index (χ4v) is 4.34. The van der Waals surface area contributed by atoms with Crippen molar-refractivity contribution in [2.45, 2.75) is 38.1 Å². The topological polar surface area (TPSA) is 72.7 Å². The summed E-state index contributed by atoms with van der Waals surface area (Å²) in [7, 11) is 1.82. The molecule has 2 aliphatic rings. The predicted molar refractivity (Wildman–Crippen MR) is 137 cm³/mol. The summed E-state index contributed by atoms with van der Waals surface area (Å²) in [6.07, 6.45) is 3.34. The monoisotopic (exact) mass is 547 g/mol. The van der Waals surface area contributed by atoms with Gasteiger partial charge in [0.2, 0.25) is 6.79 Å². The van der Waals surface area contributed by atoms with Gasteiger partial charge in [0.1, 0.15) is 5.82 Å². The van der Waals surface area contributed by atoms with Crippen molar-refractivity contribution in [2.24, 2.45) is 4.99 Å². The normalized spacial score (nSPS) is 16.0. The standard InChI is InChI=1S/C24H29N5O2.HI/c1-17-28-19-6-3-4-7-20(19)29(17)13-5-12-26-23(25-2)27-15-24(10-11-24)18-8-9-21-22(14-18)31-16-30-21;/h3-4,6-9,14H,5,10-13,15-16H2,1-2H3,(H2,25,26,27);1H. The van der Waals surface area contributed by atoms with E-state index in [1.165, 1.54) is 23.9 Å². The van der Waals surface area contributed by atoms with Gasteiger partial charge in [-0.05, 0) is 56.0 Å². The van der Waals surface area contributed by atoms with Gasteiger partial charge < -0.3 is 24.7 Å². The number of nitrogens with one attached hydrogen (secondary N) is 2. The second-order valence-corrected chi connectivity index (χ2v) is 8.35. The quantitative estimate of drug-likeness (QED) is 0.203. The highest BCUT2D eigenvalue weighted by atomic mass is 127. The number of halogens is 1. The van der Waals surface area contributed by atoms with Crippen LogP contribution in [0.25, 0.3) is 11.0 Å². The Morgan fingerprint density at radius 2 is 1.94 bits per heavy atom. The molecule has 0 amide bonds. The molecule has 0 bridgehead atoms. The molecular weight excluding hydrogens is 517 g/mol. The molecular formula is C24H30IN5O2. The Balaban J connectivity index is 0.00000245. The molecule has 170 valence electrons. The molecule has 0 atom stereocenters. The van der Waals surface area contributed by atoms with Crippen LogP contribution in [-0.2, 0) is 12.0 Å². The summed E-state index contributed by atoms with van der Waals surface area (Å²) < 4.78 is 13.3. The zero-order chi connectivity index (χ0) is 21.3. The molecule has 8 heteroatoms. The van der Waals surface area contributed by atoms with Crippen LogP contribution < -0.4 is 20.1 Å². The molecule has 1 saturated carbocycles. The third-order valence-corrected chi connectivity index (χ3v) is 6.35. The van der Waals surface area contributed by atoms with E-state index in [1.54, 1.807) is 0 Å². The summed E-state index contributed by atoms with van der Waals surface area (Å²) in [5.74, 6) is 3.60. The molecule has 2 N–H and O–H groups in total. The van der Waals surface area contributed by atoms with Crippen LogP contribution in [0.2, 0.25) is 0 Å². The van der Waals surface area contributed by atoms with Crippen molar-refractivity contribution < 1.29 is 9.47 Å². The number of nitrogens with zero attached hydrogens (tertiary/aromatic N) is 3. The minimum absolute atomic E-state index is 0. The molecule has 2 heterocycles. The van der Waals surface area contributed by atoms with Crippen LogP contribution in [0.15, 0.2) is 47.5 Å². The predicted octanol–water partition coefficient (Wildman–Crippen LogP) is 3.98. The number of aliphatic imine (C=N–C) groups is 1. The molecule has 1 fully saturated rings. The van der Waals surface area contributed by atoms with Gasteiger partial charge in [-0.2, -0.15) is 0 Å². The fraction of sp³-hybridized carbons (Fsp3) is 0.417. The third-order valence-electron chi connectivity index (χ3n) is 6.35. The van der Waals surface area contributed by atoms with Crippen molar-refractivity contribution in [3.63, 3.8) is 0 Å². The molecule has 0 radical (unpaired) electrons. The Labute approximate surface area is 205 Å². The van der Waals surface area contributed by atoms with Crippen molar-refractivity contribution in [1.82, 2.24) is 20.2 Å². The zero-order valence-corrected chi connectivity index (χ0v) is 20.9. The molecule has 0 unspecified atom stereocenters. The highest BCUT2D eigenvalue weighted by molar-refractivity contribution is 14.0. The number of para-hydroxylation sites is 2. The number of ether oxygens (including phenoxy) is 2. The Morgan fingerprint density at radius 1 is 1.12 bits per heavy atom. The smallest absolute Gasteiger partial charge is 0.231 e. The largest absolute Gasteiger partial charge is 0.454 e. The number of aryl methyl sites for hydroxylation is 2. The average Bonchev–Trinajstić information content (AvgIpc) is 3.31. The Kier molecular flexibility index (Phi) is 6.78. The van der Waals surface area contributed by atoms with E-state index in [1.807, 2.05) is 19.2 Å². The number of hydrogen-bond acceptors (Lipinski definition) is 4. The van der Waals surface area contributed by atoms with Gasteiger partial charge >= 0.3 is 0 Å². The average molecular weight is 547 g/mol. The maximum Gasteiger partial charge on any atom is 0.231 e. The maximum absolute atomic E-state index is 5.55. The number of hydrogen-bond donors (Lipinski definition) is 2. The first kappa shape index (κ1) is 22.7. The number of imidazole rings is 1. The van der Waals surface area contributed by atoms with Gasteiger partial charge in [-0.3, -0.25) is 4.99 Å². The van der Waals surface area contributed by atoms with Crippen LogP contribution in [0.5, 0.6) is 11.5 Å². The van der Waals surface area contributed by atoms with E-state index in [9.17, 15) is 0 Å².